The number of rotatable bonds is 5. The van der Waals surface area contributed by atoms with Gasteiger partial charge < -0.3 is 9.64 Å². The zero-order valence-corrected chi connectivity index (χ0v) is 15.5. The summed E-state index contributed by atoms with van der Waals surface area (Å²) in [5.41, 5.74) is 2.64. The lowest BCUT2D eigenvalue weighted by Gasteiger charge is -2.33. The van der Waals surface area contributed by atoms with Crippen molar-refractivity contribution in [3.8, 4) is 0 Å². The molecule has 0 aliphatic carbocycles. The molecule has 2 aromatic carbocycles. The van der Waals surface area contributed by atoms with E-state index in [1.807, 2.05) is 55.5 Å². The van der Waals surface area contributed by atoms with Gasteiger partial charge in [0.2, 0.25) is 5.91 Å². The van der Waals surface area contributed by atoms with E-state index in [4.69, 9.17) is 16.3 Å². The zero-order chi connectivity index (χ0) is 18.5. The first-order chi connectivity index (χ1) is 12.5. The lowest BCUT2D eigenvalue weighted by molar-refractivity contribution is -0.139. The SMILES string of the molecule is Cc1ccccc1C(=O)CCC(=O)N1CCOC(c2ccc(Cl)cc2)C1. The van der Waals surface area contributed by atoms with Crippen LogP contribution in [0, 0.1) is 6.92 Å². The highest BCUT2D eigenvalue weighted by atomic mass is 35.5. The molecule has 1 unspecified atom stereocenters. The second-order valence-electron chi connectivity index (χ2n) is 6.49. The van der Waals surface area contributed by atoms with Gasteiger partial charge in [-0.25, -0.2) is 0 Å². The molecular weight excluding hydrogens is 350 g/mol. The summed E-state index contributed by atoms with van der Waals surface area (Å²) in [7, 11) is 0. The molecule has 1 saturated heterocycles. The van der Waals surface area contributed by atoms with Crippen LogP contribution in [0.2, 0.25) is 5.02 Å². The van der Waals surface area contributed by atoms with Crippen LogP contribution in [-0.4, -0.2) is 36.3 Å². The summed E-state index contributed by atoms with van der Waals surface area (Å²) in [5.74, 6) is 0.00755. The molecule has 26 heavy (non-hydrogen) atoms. The Morgan fingerprint density at radius 1 is 1.12 bits per heavy atom. The molecule has 5 heteroatoms. The topological polar surface area (TPSA) is 46.6 Å². The van der Waals surface area contributed by atoms with Crippen LogP contribution in [-0.2, 0) is 9.53 Å². The van der Waals surface area contributed by atoms with Crippen molar-refractivity contribution in [3.05, 3.63) is 70.2 Å². The minimum absolute atomic E-state index is 0.00537. The van der Waals surface area contributed by atoms with Crippen LogP contribution in [0.4, 0.5) is 0 Å². The zero-order valence-electron chi connectivity index (χ0n) is 14.8. The van der Waals surface area contributed by atoms with Crippen molar-refractivity contribution >= 4 is 23.3 Å². The Hall–Kier alpha value is -2.17. The smallest absolute Gasteiger partial charge is 0.223 e. The lowest BCUT2D eigenvalue weighted by Crippen LogP contribution is -2.42. The van der Waals surface area contributed by atoms with Crippen molar-refractivity contribution in [2.45, 2.75) is 25.9 Å². The third-order valence-electron chi connectivity index (χ3n) is 4.67. The van der Waals surface area contributed by atoms with E-state index in [2.05, 4.69) is 0 Å². The third-order valence-corrected chi connectivity index (χ3v) is 4.92. The molecule has 1 heterocycles. The van der Waals surface area contributed by atoms with E-state index in [1.54, 1.807) is 4.90 Å². The fraction of sp³-hybridized carbons (Fsp3) is 0.333. The molecule has 0 spiro atoms. The largest absolute Gasteiger partial charge is 0.370 e. The first-order valence-electron chi connectivity index (χ1n) is 8.78. The summed E-state index contributed by atoms with van der Waals surface area (Å²) in [6.07, 6.45) is 0.296. The molecule has 4 nitrogen and oxygen atoms in total. The van der Waals surface area contributed by atoms with Crippen LogP contribution in [0.25, 0.3) is 0 Å². The van der Waals surface area contributed by atoms with Gasteiger partial charge in [0.05, 0.1) is 13.2 Å². The van der Waals surface area contributed by atoms with Gasteiger partial charge in [-0.2, -0.15) is 0 Å². The Balaban J connectivity index is 1.57. The second-order valence-corrected chi connectivity index (χ2v) is 6.93. The van der Waals surface area contributed by atoms with Gasteiger partial charge in [0, 0.05) is 30.0 Å². The van der Waals surface area contributed by atoms with E-state index in [-0.39, 0.29) is 30.6 Å². The van der Waals surface area contributed by atoms with Gasteiger partial charge in [-0.15, -0.1) is 0 Å². The molecule has 0 N–H and O–H groups in total. The number of hydrogen-bond acceptors (Lipinski definition) is 3. The van der Waals surface area contributed by atoms with Crippen LogP contribution in [0.5, 0.6) is 0 Å². The predicted molar refractivity (Wildman–Crippen MR) is 101 cm³/mol. The van der Waals surface area contributed by atoms with E-state index < -0.39 is 0 Å². The van der Waals surface area contributed by atoms with Crippen LogP contribution >= 0.6 is 11.6 Å². The van der Waals surface area contributed by atoms with Crippen molar-refractivity contribution in [3.63, 3.8) is 0 Å². The summed E-state index contributed by atoms with van der Waals surface area (Å²) in [6, 6.07) is 15.0. The average Bonchev–Trinajstić information content (AvgIpc) is 2.67. The molecule has 1 aliphatic heterocycles. The molecular formula is C21H22ClNO3. The number of ketones is 1. The Kier molecular flexibility index (Phi) is 6.07. The maximum absolute atomic E-state index is 12.5. The van der Waals surface area contributed by atoms with E-state index in [9.17, 15) is 9.59 Å². The summed E-state index contributed by atoms with van der Waals surface area (Å²) in [5, 5.41) is 0.673. The molecule has 136 valence electrons. The van der Waals surface area contributed by atoms with Crippen molar-refractivity contribution in [2.75, 3.05) is 19.7 Å². The highest BCUT2D eigenvalue weighted by Gasteiger charge is 2.25. The van der Waals surface area contributed by atoms with E-state index in [1.165, 1.54) is 0 Å². The fourth-order valence-electron chi connectivity index (χ4n) is 3.15. The van der Waals surface area contributed by atoms with Gasteiger partial charge >= 0.3 is 0 Å². The molecule has 0 saturated carbocycles. The van der Waals surface area contributed by atoms with Gasteiger partial charge in [-0.1, -0.05) is 48.0 Å². The van der Waals surface area contributed by atoms with Crippen molar-refractivity contribution in [1.82, 2.24) is 4.90 Å². The quantitative estimate of drug-likeness (QED) is 0.739. The molecule has 0 aromatic heterocycles. The number of nitrogens with zero attached hydrogens (tertiary/aromatic N) is 1. The van der Waals surface area contributed by atoms with Gasteiger partial charge in [0.15, 0.2) is 5.78 Å². The van der Waals surface area contributed by atoms with Gasteiger partial charge in [0.1, 0.15) is 6.10 Å². The number of hydrogen-bond donors (Lipinski definition) is 0. The monoisotopic (exact) mass is 371 g/mol. The Morgan fingerprint density at radius 2 is 1.85 bits per heavy atom. The molecule has 1 fully saturated rings. The summed E-state index contributed by atoms with van der Waals surface area (Å²) in [6.45, 7) is 3.46. The number of benzene rings is 2. The maximum atomic E-state index is 12.5. The number of ether oxygens (including phenoxy) is 1. The van der Waals surface area contributed by atoms with Crippen LogP contribution in [0.3, 0.4) is 0 Å². The number of aryl methyl sites for hydroxylation is 1. The lowest BCUT2D eigenvalue weighted by atomic mass is 10.0. The van der Waals surface area contributed by atoms with Gasteiger partial charge in [-0.05, 0) is 30.2 Å². The standard InChI is InChI=1S/C21H22ClNO3/c1-15-4-2-3-5-18(15)19(24)10-11-21(25)23-12-13-26-20(14-23)16-6-8-17(22)9-7-16/h2-9,20H,10-14H2,1H3. The number of morpholine rings is 1. The first kappa shape index (κ1) is 18.6. The van der Waals surface area contributed by atoms with Crippen LogP contribution < -0.4 is 0 Å². The van der Waals surface area contributed by atoms with Crippen molar-refractivity contribution in [2.24, 2.45) is 0 Å². The molecule has 3 rings (SSSR count). The van der Waals surface area contributed by atoms with E-state index in [0.717, 1.165) is 11.1 Å². The summed E-state index contributed by atoms with van der Waals surface area (Å²) < 4.78 is 5.79. The van der Waals surface area contributed by atoms with Gasteiger partial charge in [-0.3, -0.25) is 9.59 Å². The minimum Gasteiger partial charge on any atom is -0.370 e. The third kappa shape index (κ3) is 4.51. The first-order valence-corrected chi connectivity index (χ1v) is 9.16. The maximum Gasteiger partial charge on any atom is 0.223 e. The Bertz CT molecular complexity index is 788. The van der Waals surface area contributed by atoms with Crippen molar-refractivity contribution < 1.29 is 14.3 Å². The minimum atomic E-state index is -0.156. The number of halogens is 1. The number of carbonyl (C=O) groups is 2. The van der Waals surface area contributed by atoms with Gasteiger partial charge in [0.25, 0.3) is 0 Å². The molecule has 0 bridgehead atoms. The number of carbonyl (C=O) groups excluding carboxylic acids is 2. The normalized spacial score (nSPS) is 17.2. The molecule has 1 aliphatic rings. The second kappa shape index (κ2) is 8.47. The van der Waals surface area contributed by atoms with Crippen LogP contribution in [0.15, 0.2) is 48.5 Å². The molecule has 1 amide bonds. The summed E-state index contributed by atoms with van der Waals surface area (Å²) >= 11 is 5.92. The average molecular weight is 372 g/mol. The number of Topliss-reactive ketones (excluding diaryl/α,β-unsaturated/α-hetero) is 1. The highest BCUT2D eigenvalue weighted by molar-refractivity contribution is 6.30. The van der Waals surface area contributed by atoms with E-state index in [0.29, 0.717) is 30.3 Å². The summed E-state index contributed by atoms with van der Waals surface area (Å²) in [4.78, 5) is 26.7. The van der Waals surface area contributed by atoms with Crippen molar-refractivity contribution in [1.29, 1.82) is 0 Å². The Morgan fingerprint density at radius 3 is 2.58 bits per heavy atom. The molecule has 2 aromatic rings. The Labute approximate surface area is 158 Å². The fourth-order valence-corrected chi connectivity index (χ4v) is 3.28. The number of amides is 1. The predicted octanol–water partition coefficient (Wildman–Crippen LogP) is 4.21. The van der Waals surface area contributed by atoms with Crippen LogP contribution in [0.1, 0.15) is 40.4 Å². The molecule has 1 atom stereocenters. The highest BCUT2D eigenvalue weighted by Crippen LogP contribution is 2.24. The molecule has 0 radical (unpaired) electrons. The van der Waals surface area contributed by atoms with E-state index >= 15 is 0 Å².